The zero-order valence-electron chi connectivity index (χ0n) is 16.4. The number of nitrogens with one attached hydrogen (secondary N) is 1. The molecule has 0 aliphatic carbocycles. The van der Waals surface area contributed by atoms with Gasteiger partial charge in [-0.25, -0.2) is 0 Å². The summed E-state index contributed by atoms with van der Waals surface area (Å²) in [5, 5.41) is 13.0. The van der Waals surface area contributed by atoms with E-state index in [1.807, 2.05) is 47.9 Å². The second-order valence-electron chi connectivity index (χ2n) is 6.99. The number of thioether (sulfide) groups is 1. The lowest BCUT2D eigenvalue weighted by atomic mass is 10.3. The summed E-state index contributed by atoms with van der Waals surface area (Å²) in [4.78, 5) is 15.0. The van der Waals surface area contributed by atoms with Gasteiger partial charge in [-0.3, -0.25) is 9.36 Å². The van der Waals surface area contributed by atoms with Gasteiger partial charge >= 0.3 is 0 Å². The summed E-state index contributed by atoms with van der Waals surface area (Å²) < 4.78 is 1.94. The topological polar surface area (TPSA) is 63.1 Å². The number of carbonyl (C=O) groups is 1. The highest BCUT2D eigenvalue weighted by Gasteiger charge is 2.26. The van der Waals surface area contributed by atoms with Crippen LogP contribution in [0.2, 0.25) is 10.0 Å². The molecule has 9 heteroatoms. The predicted octanol–water partition coefficient (Wildman–Crippen LogP) is 5.29. The summed E-state index contributed by atoms with van der Waals surface area (Å²) in [7, 11) is 0. The zero-order valence-corrected chi connectivity index (χ0v) is 18.7. The largest absolute Gasteiger partial charge is 0.341 e. The number of halogens is 2. The van der Waals surface area contributed by atoms with E-state index in [1.54, 1.807) is 12.1 Å². The van der Waals surface area contributed by atoms with Crippen molar-refractivity contribution in [2.75, 3.05) is 23.3 Å². The second kappa shape index (κ2) is 9.29. The Morgan fingerprint density at radius 1 is 1.03 bits per heavy atom. The molecule has 6 nitrogen and oxygen atoms in total. The molecule has 1 aliphatic heterocycles. The first kappa shape index (κ1) is 21.0. The Labute approximate surface area is 189 Å². The van der Waals surface area contributed by atoms with Crippen LogP contribution in [0.1, 0.15) is 19.8 Å². The smallest absolute Gasteiger partial charge is 0.237 e. The Balaban J connectivity index is 1.61. The van der Waals surface area contributed by atoms with E-state index in [0.29, 0.717) is 20.9 Å². The van der Waals surface area contributed by atoms with Crippen LogP contribution in [0.25, 0.3) is 5.69 Å². The molecule has 0 bridgehead atoms. The third-order valence-corrected chi connectivity index (χ3v) is 6.57. The van der Waals surface area contributed by atoms with Gasteiger partial charge < -0.3 is 10.2 Å². The molecule has 3 aromatic rings. The number of rotatable bonds is 6. The molecule has 30 heavy (non-hydrogen) atoms. The molecule has 0 spiro atoms. The van der Waals surface area contributed by atoms with Gasteiger partial charge in [-0.1, -0.05) is 59.2 Å². The number of aromatic nitrogens is 3. The van der Waals surface area contributed by atoms with Crippen LogP contribution in [0.3, 0.4) is 0 Å². The number of anilines is 2. The number of carbonyl (C=O) groups excluding carboxylic acids is 1. The van der Waals surface area contributed by atoms with Crippen molar-refractivity contribution < 1.29 is 4.79 Å². The standard InChI is InChI=1S/C21H21Cl2N5OS/c1-14(19(29)24-17-10-4-2-8-15(17)22)30-21-26-25-20(27-12-6-7-13-27)28(21)18-11-5-3-9-16(18)23/h2-5,8-11,14H,6-7,12-13H2,1H3,(H,24,29). The first-order valence-corrected chi connectivity index (χ1v) is 11.4. The van der Waals surface area contributed by atoms with Gasteiger partial charge in [0.15, 0.2) is 5.16 Å². The predicted molar refractivity (Wildman–Crippen MR) is 123 cm³/mol. The minimum absolute atomic E-state index is 0.162. The highest BCUT2D eigenvalue weighted by atomic mass is 35.5. The molecule has 2 aromatic carbocycles. The van der Waals surface area contributed by atoms with Gasteiger partial charge in [0.2, 0.25) is 11.9 Å². The van der Waals surface area contributed by atoms with Crippen LogP contribution in [0.5, 0.6) is 0 Å². The van der Waals surface area contributed by atoms with Crippen LogP contribution in [0, 0.1) is 0 Å². The van der Waals surface area contributed by atoms with Gasteiger partial charge in [0, 0.05) is 13.1 Å². The fraction of sp³-hybridized carbons (Fsp3) is 0.286. The van der Waals surface area contributed by atoms with E-state index in [2.05, 4.69) is 20.4 Å². The van der Waals surface area contributed by atoms with E-state index < -0.39 is 5.25 Å². The van der Waals surface area contributed by atoms with Crippen molar-refractivity contribution in [3.63, 3.8) is 0 Å². The van der Waals surface area contributed by atoms with E-state index in [-0.39, 0.29) is 5.91 Å². The molecule has 2 heterocycles. The van der Waals surface area contributed by atoms with Crippen molar-refractivity contribution in [3.8, 4) is 5.69 Å². The van der Waals surface area contributed by atoms with E-state index in [9.17, 15) is 4.79 Å². The van der Waals surface area contributed by atoms with Crippen molar-refractivity contribution >= 4 is 52.5 Å². The maximum atomic E-state index is 12.8. The SMILES string of the molecule is CC(Sc1nnc(N2CCCC2)n1-c1ccccc1Cl)C(=O)Nc1ccccc1Cl. The van der Waals surface area contributed by atoms with Crippen molar-refractivity contribution in [3.05, 3.63) is 58.6 Å². The monoisotopic (exact) mass is 461 g/mol. The van der Waals surface area contributed by atoms with E-state index >= 15 is 0 Å². The summed E-state index contributed by atoms with van der Waals surface area (Å²) in [6.07, 6.45) is 2.24. The molecule has 4 rings (SSSR count). The Morgan fingerprint density at radius 3 is 2.40 bits per heavy atom. The van der Waals surface area contributed by atoms with Crippen LogP contribution in [0.15, 0.2) is 53.7 Å². The van der Waals surface area contributed by atoms with Crippen molar-refractivity contribution in [2.24, 2.45) is 0 Å². The Morgan fingerprint density at radius 2 is 1.70 bits per heavy atom. The lowest BCUT2D eigenvalue weighted by molar-refractivity contribution is -0.115. The second-order valence-corrected chi connectivity index (χ2v) is 9.12. The molecule has 156 valence electrons. The van der Waals surface area contributed by atoms with Crippen molar-refractivity contribution in [2.45, 2.75) is 30.2 Å². The molecule has 0 saturated carbocycles. The Bertz CT molecular complexity index is 1050. The van der Waals surface area contributed by atoms with Gasteiger partial charge in [-0.15, -0.1) is 10.2 Å². The molecule has 1 aliphatic rings. The molecule has 1 saturated heterocycles. The quantitative estimate of drug-likeness (QED) is 0.504. The normalized spacial score (nSPS) is 14.7. The summed E-state index contributed by atoms with van der Waals surface area (Å²) in [6, 6.07) is 14.8. The minimum atomic E-state index is -0.418. The number of hydrogen-bond acceptors (Lipinski definition) is 5. The summed E-state index contributed by atoms with van der Waals surface area (Å²) in [5.74, 6) is 0.589. The molecule has 1 aromatic heterocycles. The van der Waals surface area contributed by atoms with E-state index in [0.717, 1.165) is 37.6 Å². The highest BCUT2D eigenvalue weighted by Crippen LogP contribution is 2.33. The van der Waals surface area contributed by atoms with Gasteiger partial charge in [-0.05, 0) is 44.0 Å². The number of para-hydroxylation sites is 2. The maximum absolute atomic E-state index is 12.8. The molecule has 1 unspecified atom stereocenters. The first-order valence-electron chi connectivity index (χ1n) is 9.72. The van der Waals surface area contributed by atoms with Crippen LogP contribution in [0.4, 0.5) is 11.6 Å². The summed E-state index contributed by atoms with van der Waals surface area (Å²) in [6.45, 7) is 3.68. The number of benzene rings is 2. The Kier molecular flexibility index (Phi) is 6.51. The van der Waals surface area contributed by atoms with Crippen molar-refractivity contribution in [1.82, 2.24) is 14.8 Å². The van der Waals surface area contributed by atoms with Gasteiger partial charge in [-0.2, -0.15) is 0 Å². The average Bonchev–Trinajstić information content (AvgIpc) is 3.40. The molecule has 1 N–H and O–H groups in total. The number of nitrogens with zero attached hydrogens (tertiary/aromatic N) is 4. The van der Waals surface area contributed by atoms with Crippen LogP contribution in [-0.4, -0.2) is 39.0 Å². The average molecular weight is 462 g/mol. The summed E-state index contributed by atoms with van der Waals surface area (Å²) in [5.41, 5.74) is 1.38. The lowest BCUT2D eigenvalue weighted by Gasteiger charge is -2.19. The third kappa shape index (κ3) is 4.43. The van der Waals surface area contributed by atoms with E-state index in [4.69, 9.17) is 23.2 Å². The van der Waals surface area contributed by atoms with Gasteiger partial charge in [0.1, 0.15) is 0 Å². The fourth-order valence-corrected chi connectivity index (χ4v) is 4.57. The Hall–Kier alpha value is -2.22. The van der Waals surface area contributed by atoms with Gasteiger partial charge in [0.25, 0.3) is 0 Å². The molecular weight excluding hydrogens is 441 g/mol. The molecule has 1 atom stereocenters. The minimum Gasteiger partial charge on any atom is -0.341 e. The van der Waals surface area contributed by atoms with Crippen LogP contribution >= 0.6 is 35.0 Å². The third-order valence-electron chi connectivity index (χ3n) is 4.88. The van der Waals surface area contributed by atoms with Crippen LogP contribution < -0.4 is 10.2 Å². The molecule has 1 fully saturated rings. The molecule has 1 amide bonds. The maximum Gasteiger partial charge on any atom is 0.237 e. The number of hydrogen-bond donors (Lipinski definition) is 1. The lowest BCUT2D eigenvalue weighted by Crippen LogP contribution is -2.24. The summed E-state index contributed by atoms with van der Waals surface area (Å²) >= 11 is 14.0. The van der Waals surface area contributed by atoms with Crippen LogP contribution in [-0.2, 0) is 4.79 Å². The highest BCUT2D eigenvalue weighted by molar-refractivity contribution is 8.00. The fourth-order valence-electron chi connectivity index (χ4n) is 3.31. The number of amides is 1. The first-order chi connectivity index (χ1) is 14.5. The van der Waals surface area contributed by atoms with E-state index in [1.165, 1.54) is 11.8 Å². The van der Waals surface area contributed by atoms with Crippen molar-refractivity contribution in [1.29, 1.82) is 0 Å². The molecule has 0 radical (unpaired) electrons. The molecular formula is C21H21Cl2N5OS. The van der Waals surface area contributed by atoms with Gasteiger partial charge in [0.05, 0.1) is 26.7 Å². The zero-order chi connectivity index (χ0) is 21.1.